The Morgan fingerprint density at radius 3 is 2.29 bits per heavy atom. The van der Waals surface area contributed by atoms with Crippen LogP contribution in [0.4, 0.5) is 8.78 Å². The van der Waals surface area contributed by atoms with Crippen LogP contribution in [0, 0.1) is 17.6 Å². The molecule has 0 unspecified atom stereocenters. The molecule has 132 valence electrons. The molecule has 6 nitrogen and oxygen atoms in total. The van der Waals surface area contributed by atoms with Gasteiger partial charge in [0.2, 0.25) is 11.8 Å². The Balaban J connectivity index is 2.69. The van der Waals surface area contributed by atoms with Crippen LogP contribution in [0.5, 0.6) is 0 Å². The summed E-state index contributed by atoms with van der Waals surface area (Å²) in [7, 11) is 0. The zero-order valence-electron chi connectivity index (χ0n) is 13.5. The molecule has 1 aromatic carbocycles. The van der Waals surface area contributed by atoms with E-state index < -0.39 is 41.4 Å². The first-order chi connectivity index (χ1) is 11.2. The summed E-state index contributed by atoms with van der Waals surface area (Å²) < 4.78 is 31.0. The lowest BCUT2D eigenvalue weighted by Gasteiger charge is -2.19. The number of amides is 2. The van der Waals surface area contributed by atoms with Crippen LogP contribution in [0.15, 0.2) is 18.2 Å². The molecule has 24 heavy (non-hydrogen) atoms. The first-order valence-electron chi connectivity index (χ1n) is 7.43. The normalized spacial score (nSPS) is 13.0. The molecule has 0 saturated carbocycles. The Labute approximate surface area is 138 Å². The maximum Gasteiger partial charge on any atom is 0.308 e. The molecule has 0 bridgehead atoms. The highest BCUT2D eigenvalue weighted by molar-refractivity contribution is 5.88. The lowest BCUT2D eigenvalue weighted by molar-refractivity contribution is -0.148. The van der Waals surface area contributed by atoms with Crippen molar-refractivity contribution in [1.29, 1.82) is 0 Å². The zero-order chi connectivity index (χ0) is 18.3. The maximum atomic E-state index is 13.1. The predicted molar refractivity (Wildman–Crippen MR) is 81.6 cm³/mol. The number of ether oxygens (including phenoxy) is 1. The average Bonchev–Trinajstić information content (AvgIpc) is 2.45. The first-order valence-corrected chi connectivity index (χ1v) is 7.43. The molecule has 0 aromatic heterocycles. The molecule has 0 heterocycles. The number of benzene rings is 1. The molecule has 0 spiro atoms. The second kappa shape index (κ2) is 8.95. The number of carbonyl (C=O) groups excluding carboxylic acids is 3. The van der Waals surface area contributed by atoms with Crippen molar-refractivity contribution in [2.24, 2.45) is 11.7 Å². The molecular formula is C16H20F2N2O4. The summed E-state index contributed by atoms with van der Waals surface area (Å²) in [5.74, 6) is -4.22. The summed E-state index contributed by atoms with van der Waals surface area (Å²) in [5.41, 5.74) is 5.34. The number of rotatable bonds is 8. The van der Waals surface area contributed by atoms with E-state index in [-0.39, 0.29) is 25.0 Å². The molecule has 2 atom stereocenters. The van der Waals surface area contributed by atoms with Crippen LogP contribution >= 0.6 is 0 Å². The van der Waals surface area contributed by atoms with Gasteiger partial charge in [0.1, 0.15) is 17.7 Å². The summed E-state index contributed by atoms with van der Waals surface area (Å²) >= 11 is 0. The summed E-state index contributed by atoms with van der Waals surface area (Å²) in [6.07, 6.45) is -0.357. The average molecular weight is 342 g/mol. The minimum Gasteiger partial charge on any atom is -0.466 e. The third-order valence-electron chi connectivity index (χ3n) is 3.24. The lowest BCUT2D eigenvalue weighted by atomic mass is 10.0. The van der Waals surface area contributed by atoms with Gasteiger partial charge in [0.05, 0.1) is 18.9 Å². The molecule has 8 heteroatoms. The van der Waals surface area contributed by atoms with E-state index in [0.717, 1.165) is 12.1 Å². The Kier molecular flexibility index (Phi) is 7.29. The van der Waals surface area contributed by atoms with Gasteiger partial charge in [-0.15, -0.1) is 0 Å². The van der Waals surface area contributed by atoms with Crippen LogP contribution in [0.3, 0.4) is 0 Å². The highest BCUT2D eigenvalue weighted by atomic mass is 19.1. The van der Waals surface area contributed by atoms with Crippen LogP contribution in [0.25, 0.3) is 0 Å². The van der Waals surface area contributed by atoms with Crippen LogP contribution in [-0.2, 0) is 25.5 Å². The molecule has 1 rings (SSSR count). The number of esters is 1. The third-order valence-corrected chi connectivity index (χ3v) is 3.24. The number of hydrogen-bond acceptors (Lipinski definition) is 4. The Hall–Kier alpha value is -2.51. The quantitative estimate of drug-likeness (QED) is 0.690. The maximum absolute atomic E-state index is 13.1. The lowest BCUT2D eigenvalue weighted by Crippen LogP contribution is -2.46. The molecule has 2 amide bonds. The van der Waals surface area contributed by atoms with Gasteiger partial charge in [-0.05, 0) is 31.0 Å². The molecule has 0 saturated heterocycles. The first kappa shape index (κ1) is 19.5. The molecule has 0 radical (unpaired) electrons. The number of carbonyl (C=O) groups is 3. The van der Waals surface area contributed by atoms with Gasteiger partial charge < -0.3 is 15.8 Å². The largest absolute Gasteiger partial charge is 0.466 e. The summed E-state index contributed by atoms with van der Waals surface area (Å²) in [6, 6.07) is 1.64. The van der Waals surface area contributed by atoms with Gasteiger partial charge in [0, 0.05) is 6.07 Å². The topological polar surface area (TPSA) is 98.5 Å². The van der Waals surface area contributed by atoms with Crippen LogP contribution in [0.2, 0.25) is 0 Å². The van der Waals surface area contributed by atoms with Gasteiger partial charge >= 0.3 is 5.97 Å². The fourth-order valence-corrected chi connectivity index (χ4v) is 2.12. The van der Waals surface area contributed by atoms with Crippen molar-refractivity contribution in [2.75, 3.05) is 6.61 Å². The fourth-order valence-electron chi connectivity index (χ4n) is 2.12. The molecule has 0 aliphatic carbocycles. The van der Waals surface area contributed by atoms with Crippen molar-refractivity contribution in [3.8, 4) is 0 Å². The molecule has 1 aromatic rings. The van der Waals surface area contributed by atoms with Crippen LogP contribution < -0.4 is 11.1 Å². The predicted octanol–water partition coefficient (Wildman–Crippen LogP) is 1.07. The van der Waals surface area contributed by atoms with Crippen molar-refractivity contribution in [3.63, 3.8) is 0 Å². The van der Waals surface area contributed by atoms with Crippen molar-refractivity contribution in [2.45, 2.75) is 32.7 Å². The molecule has 0 fully saturated rings. The van der Waals surface area contributed by atoms with E-state index in [0.29, 0.717) is 6.07 Å². The van der Waals surface area contributed by atoms with E-state index in [9.17, 15) is 23.2 Å². The summed E-state index contributed by atoms with van der Waals surface area (Å²) in [4.78, 5) is 35.0. The minimum atomic E-state index is -1.09. The fraction of sp³-hybridized carbons (Fsp3) is 0.438. The van der Waals surface area contributed by atoms with Crippen molar-refractivity contribution >= 4 is 17.8 Å². The number of nitrogens with two attached hydrogens (primary N) is 1. The van der Waals surface area contributed by atoms with E-state index in [1.807, 2.05) is 0 Å². The minimum absolute atomic E-state index is 0.0303. The number of primary amides is 1. The van der Waals surface area contributed by atoms with Crippen molar-refractivity contribution < 1.29 is 27.9 Å². The van der Waals surface area contributed by atoms with E-state index in [4.69, 9.17) is 10.5 Å². The zero-order valence-corrected chi connectivity index (χ0v) is 13.5. The molecule has 0 aliphatic rings. The number of hydrogen-bond donors (Lipinski definition) is 2. The molecular weight excluding hydrogens is 322 g/mol. The van der Waals surface area contributed by atoms with Crippen molar-refractivity contribution in [1.82, 2.24) is 5.32 Å². The van der Waals surface area contributed by atoms with E-state index >= 15 is 0 Å². The number of nitrogens with one attached hydrogen (secondary N) is 1. The second-order valence-electron chi connectivity index (χ2n) is 5.37. The van der Waals surface area contributed by atoms with E-state index in [1.54, 1.807) is 13.8 Å². The monoisotopic (exact) mass is 342 g/mol. The second-order valence-corrected chi connectivity index (χ2v) is 5.37. The highest BCUT2D eigenvalue weighted by Gasteiger charge is 2.25. The smallest absolute Gasteiger partial charge is 0.308 e. The summed E-state index contributed by atoms with van der Waals surface area (Å²) in [6.45, 7) is 3.39. The van der Waals surface area contributed by atoms with Gasteiger partial charge in [-0.3, -0.25) is 14.4 Å². The van der Waals surface area contributed by atoms with Crippen LogP contribution in [-0.4, -0.2) is 30.4 Å². The number of halogens is 2. The molecule has 0 aliphatic heterocycles. The van der Waals surface area contributed by atoms with E-state index in [1.165, 1.54) is 0 Å². The third kappa shape index (κ3) is 6.31. The highest BCUT2D eigenvalue weighted by Crippen LogP contribution is 2.11. The van der Waals surface area contributed by atoms with E-state index in [2.05, 4.69) is 5.32 Å². The van der Waals surface area contributed by atoms with Gasteiger partial charge in [-0.25, -0.2) is 8.78 Å². The molecule has 3 N–H and O–H groups in total. The van der Waals surface area contributed by atoms with Gasteiger partial charge in [0.15, 0.2) is 0 Å². The Bertz CT molecular complexity index is 602. The van der Waals surface area contributed by atoms with Gasteiger partial charge in [-0.1, -0.05) is 6.92 Å². The SMILES string of the molecule is CCOC(=O)[C@@H](C)C[C@@H](NC(=O)Cc1cc(F)cc(F)c1)C(N)=O. The Morgan fingerprint density at radius 1 is 1.21 bits per heavy atom. The van der Waals surface area contributed by atoms with Crippen LogP contribution in [0.1, 0.15) is 25.8 Å². The van der Waals surface area contributed by atoms with Crippen molar-refractivity contribution in [3.05, 3.63) is 35.4 Å². The Morgan fingerprint density at radius 2 is 1.79 bits per heavy atom. The standard InChI is InChI=1S/C16H20F2N2O4/c1-3-24-16(23)9(2)4-13(15(19)22)20-14(21)7-10-5-11(17)8-12(18)6-10/h5-6,8-9,13H,3-4,7H2,1-2H3,(H2,19,22)(H,20,21)/t9-,13+/m0/s1. The van der Waals surface area contributed by atoms with Gasteiger partial charge in [0.25, 0.3) is 0 Å². The summed E-state index contributed by atoms with van der Waals surface area (Å²) in [5, 5.41) is 2.37. The van der Waals surface area contributed by atoms with Gasteiger partial charge in [-0.2, -0.15) is 0 Å².